The Morgan fingerprint density at radius 2 is 1.86 bits per heavy atom. The second-order valence-electron chi connectivity index (χ2n) is 7.16. The highest BCUT2D eigenvalue weighted by molar-refractivity contribution is 6.33. The van der Waals surface area contributed by atoms with Crippen LogP contribution < -0.4 is 31.8 Å². The van der Waals surface area contributed by atoms with Gasteiger partial charge in [0.1, 0.15) is 24.6 Å². The number of benzene rings is 1. The van der Waals surface area contributed by atoms with Crippen molar-refractivity contribution in [2.75, 3.05) is 30.8 Å². The molecule has 10 heteroatoms. The zero-order chi connectivity index (χ0) is 21.3. The molecule has 1 aliphatic heterocycles. The van der Waals surface area contributed by atoms with Crippen LogP contribution in [0.5, 0.6) is 11.5 Å². The third kappa shape index (κ3) is 4.09. The first-order valence-electron chi connectivity index (χ1n) is 9.16. The minimum atomic E-state index is -0.729. The van der Waals surface area contributed by atoms with Crippen LogP contribution in [0.4, 0.5) is 11.5 Å². The standard InChI is InChI=1S/C19H23ClN4O5/c1-10(2)9-24-17(21)16(18(26)23(3)19(24)27)13(25)8-22-12-7-15-14(6-11(12)20)28-4-5-29-15/h6-7,10,22H,4-5,8-9,21H2,1-3H3. The lowest BCUT2D eigenvalue weighted by Crippen LogP contribution is -2.43. The average molecular weight is 423 g/mol. The number of hydrogen-bond donors (Lipinski definition) is 2. The van der Waals surface area contributed by atoms with E-state index in [1.165, 1.54) is 11.6 Å². The molecule has 0 saturated heterocycles. The maximum absolute atomic E-state index is 12.8. The number of nitrogen functional groups attached to an aromatic ring is 1. The molecule has 156 valence electrons. The van der Waals surface area contributed by atoms with Gasteiger partial charge in [-0.1, -0.05) is 25.4 Å². The largest absolute Gasteiger partial charge is 0.486 e. The Kier molecular flexibility index (Phi) is 5.88. The molecule has 0 amide bonds. The van der Waals surface area contributed by atoms with Crippen molar-refractivity contribution < 1.29 is 14.3 Å². The van der Waals surface area contributed by atoms with Gasteiger partial charge in [0, 0.05) is 25.7 Å². The van der Waals surface area contributed by atoms with E-state index in [4.69, 9.17) is 26.8 Å². The van der Waals surface area contributed by atoms with Crippen molar-refractivity contribution >= 4 is 28.9 Å². The Bertz CT molecular complexity index is 1070. The van der Waals surface area contributed by atoms with Crippen LogP contribution in [0.15, 0.2) is 21.7 Å². The summed E-state index contributed by atoms with van der Waals surface area (Å²) in [4.78, 5) is 37.7. The molecule has 1 aliphatic rings. The summed E-state index contributed by atoms with van der Waals surface area (Å²) in [6.07, 6.45) is 0. The van der Waals surface area contributed by atoms with Crippen molar-refractivity contribution in [2.45, 2.75) is 20.4 Å². The first kappa shape index (κ1) is 20.8. The molecule has 0 aliphatic carbocycles. The number of ketones is 1. The fourth-order valence-corrected chi connectivity index (χ4v) is 3.27. The third-order valence-electron chi connectivity index (χ3n) is 4.48. The highest BCUT2D eigenvalue weighted by atomic mass is 35.5. The third-order valence-corrected chi connectivity index (χ3v) is 4.79. The monoisotopic (exact) mass is 422 g/mol. The lowest BCUT2D eigenvalue weighted by Gasteiger charge is -2.20. The predicted molar refractivity (Wildman–Crippen MR) is 110 cm³/mol. The van der Waals surface area contributed by atoms with E-state index in [1.54, 1.807) is 12.1 Å². The molecule has 1 aromatic carbocycles. The number of nitrogens with zero attached hydrogens (tertiary/aromatic N) is 2. The number of nitrogens with one attached hydrogen (secondary N) is 1. The first-order valence-corrected chi connectivity index (χ1v) is 9.54. The zero-order valence-corrected chi connectivity index (χ0v) is 17.2. The van der Waals surface area contributed by atoms with Gasteiger partial charge in [-0.05, 0) is 5.92 Å². The lowest BCUT2D eigenvalue weighted by molar-refractivity contribution is 0.100. The van der Waals surface area contributed by atoms with E-state index < -0.39 is 17.0 Å². The topological polar surface area (TPSA) is 118 Å². The van der Waals surface area contributed by atoms with E-state index in [0.29, 0.717) is 42.0 Å². The Morgan fingerprint density at radius 3 is 2.48 bits per heavy atom. The normalized spacial score (nSPS) is 12.9. The molecule has 0 saturated carbocycles. The molecule has 3 N–H and O–H groups in total. The number of aromatic nitrogens is 2. The number of anilines is 2. The molecule has 29 heavy (non-hydrogen) atoms. The van der Waals surface area contributed by atoms with Gasteiger partial charge in [-0.25, -0.2) is 4.79 Å². The van der Waals surface area contributed by atoms with Crippen LogP contribution in [-0.2, 0) is 13.6 Å². The SMILES string of the molecule is CC(C)Cn1c(N)c(C(=O)CNc2cc3c(cc2Cl)OCCO3)c(=O)n(C)c1=O. The zero-order valence-electron chi connectivity index (χ0n) is 16.5. The summed E-state index contributed by atoms with van der Waals surface area (Å²) in [5.41, 5.74) is 4.97. The smallest absolute Gasteiger partial charge is 0.332 e. The van der Waals surface area contributed by atoms with Gasteiger partial charge >= 0.3 is 5.69 Å². The Morgan fingerprint density at radius 1 is 1.24 bits per heavy atom. The van der Waals surface area contributed by atoms with Crippen LogP contribution in [-0.4, -0.2) is 34.7 Å². The van der Waals surface area contributed by atoms with E-state index in [2.05, 4.69) is 5.32 Å². The number of rotatable bonds is 6. The maximum atomic E-state index is 12.8. The van der Waals surface area contributed by atoms with Gasteiger partial charge in [-0.2, -0.15) is 0 Å². The van der Waals surface area contributed by atoms with Gasteiger partial charge in [0.15, 0.2) is 17.3 Å². The number of nitrogens with two attached hydrogens (primary N) is 1. The number of ether oxygens (including phenoxy) is 2. The van der Waals surface area contributed by atoms with Crippen LogP contribution in [0.2, 0.25) is 5.02 Å². The molecule has 0 fully saturated rings. The average Bonchev–Trinajstić information content (AvgIpc) is 2.68. The molecule has 0 radical (unpaired) electrons. The number of Topliss-reactive ketones (excluding diaryl/α,β-unsaturated/α-hetero) is 1. The van der Waals surface area contributed by atoms with Gasteiger partial charge in [-0.15, -0.1) is 0 Å². The summed E-state index contributed by atoms with van der Waals surface area (Å²) in [6.45, 7) is 4.72. The fourth-order valence-electron chi connectivity index (χ4n) is 3.05. The molecular weight excluding hydrogens is 400 g/mol. The summed E-state index contributed by atoms with van der Waals surface area (Å²) >= 11 is 6.24. The fraction of sp³-hybridized carbons (Fsp3) is 0.421. The van der Waals surface area contributed by atoms with Crippen LogP contribution >= 0.6 is 11.6 Å². The maximum Gasteiger partial charge on any atom is 0.332 e. The molecule has 2 aromatic rings. The molecule has 0 atom stereocenters. The number of halogens is 1. The highest BCUT2D eigenvalue weighted by Gasteiger charge is 2.22. The van der Waals surface area contributed by atoms with Crippen LogP contribution in [0.3, 0.4) is 0 Å². The van der Waals surface area contributed by atoms with E-state index in [9.17, 15) is 14.4 Å². The minimum Gasteiger partial charge on any atom is -0.486 e. The van der Waals surface area contributed by atoms with Gasteiger partial charge in [-0.3, -0.25) is 18.7 Å². The molecule has 2 heterocycles. The summed E-state index contributed by atoms with van der Waals surface area (Å²) in [7, 11) is 1.32. The Hall–Kier alpha value is -2.94. The van der Waals surface area contributed by atoms with Crippen LogP contribution in [0.25, 0.3) is 0 Å². The Balaban J connectivity index is 1.89. The van der Waals surface area contributed by atoms with Crippen LogP contribution in [0, 0.1) is 5.92 Å². The van der Waals surface area contributed by atoms with Crippen molar-refractivity contribution in [2.24, 2.45) is 13.0 Å². The van der Waals surface area contributed by atoms with E-state index >= 15 is 0 Å². The highest BCUT2D eigenvalue weighted by Crippen LogP contribution is 2.37. The van der Waals surface area contributed by atoms with Gasteiger partial charge in [0.2, 0.25) is 0 Å². The van der Waals surface area contributed by atoms with Crippen molar-refractivity contribution in [1.29, 1.82) is 0 Å². The van der Waals surface area contributed by atoms with Crippen molar-refractivity contribution in [3.05, 3.63) is 43.6 Å². The quantitative estimate of drug-likeness (QED) is 0.677. The number of hydrogen-bond acceptors (Lipinski definition) is 7. The Labute approximate surface area is 172 Å². The number of carbonyl (C=O) groups excluding carboxylic acids is 1. The van der Waals surface area contributed by atoms with Gasteiger partial charge < -0.3 is 20.5 Å². The number of fused-ring (bicyclic) bond motifs is 1. The molecule has 0 bridgehead atoms. The molecule has 9 nitrogen and oxygen atoms in total. The van der Waals surface area contributed by atoms with Gasteiger partial charge in [0.25, 0.3) is 5.56 Å². The van der Waals surface area contributed by atoms with Gasteiger partial charge in [0.05, 0.1) is 17.3 Å². The van der Waals surface area contributed by atoms with Crippen LogP contribution in [0.1, 0.15) is 24.2 Å². The lowest BCUT2D eigenvalue weighted by atomic mass is 10.1. The van der Waals surface area contributed by atoms with E-state index in [1.807, 2.05) is 13.8 Å². The molecule has 0 spiro atoms. The van der Waals surface area contributed by atoms with E-state index in [0.717, 1.165) is 4.57 Å². The summed E-state index contributed by atoms with van der Waals surface area (Å²) in [6, 6.07) is 3.23. The number of carbonyl (C=O) groups is 1. The second kappa shape index (κ2) is 8.20. The second-order valence-corrected chi connectivity index (χ2v) is 7.57. The molecule has 3 rings (SSSR count). The predicted octanol–water partition coefficient (Wildman–Crippen LogP) is 1.50. The molecular formula is C19H23ClN4O5. The van der Waals surface area contributed by atoms with Crippen molar-refractivity contribution in [3.63, 3.8) is 0 Å². The summed E-state index contributed by atoms with van der Waals surface area (Å²) in [5.74, 6) is 0.456. The van der Waals surface area contributed by atoms with E-state index in [-0.39, 0.29) is 23.8 Å². The summed E-state index contributed by atoms with van der Waals surface area (Å²) in [5, 5.41) is 3.24. The minimum absolute atomic E-state index is 0.102. The molecule has 0 unspecified atom stereocenters. The first-order chi connectivity index (χ1) is 13.7. The van der Waals surface area contributed by atoms with Crippen molar-refractivity contribution in [3.8, 4) is 11.5 Å². The molecule has 1 aromatic heterocycles. The van der Waals surface area contributed by atoms with Crippen molar-refractivity contribution in [1.82, 2.24) is 9.13 Å². The summed E-state index contributed by atoms with van der Waals surface area (Å²) < 4.78 is 13.1.